The highest BCUT2D eigenvalue weighted by atomic mass is 35.5. The van der Waals surface area contributed by atoms with E-state index in [0.717, 1.165) is 30.3 Å². The number of fused-ring (bicyclic) bond motifs is 1. The molecule has 164 valence electrons. The lowest BCUT2D eigenvalue weighted by atomic mass is 10.0. The molecule has 32 heavy (non-hydrogen) atoms. The van der Waals surface area contributed by atoms with Crippen molar-refractivity contribution in [3.8, 4) is 11.1 Å². The van der Waals surface area contributed by atoms with Crippen molar-refractivity contribution in [3.63, 3.8) is 0 Å². The number of hydrogen-bond donors (Lipinski definition) is 1. The molecule has 0 aliphatic heterocycles. The molecule has 0 aliphatic carbocycles. The van der Waals surface area contributed by atoms with E-state index in [4.69, 9.17) is 11.6 Å². The first-order valence-corrected chi connectivity index (χ1v) is 10.3. The molecule has 4 rings (SSSR count). The minimum Gasteiger partial charge on any atom is -0.323 e. The molecule has 0 spiro atoms. The second-order valence-electron chi connectivity index (χ2n) is 6.82. The van der Waals surface area contributed by atoms with Crippen LogP contribution in [0.2, 0.25) is 5.02 Å². The van der Waals surface area contributed by atoms with Gasteiger partial charge >= 0.3 is 6.18 Å². The maximum atomic E-state index is 15.2. The monoisotopic (exact) mass is 481 g/mol. The van der Waals surface area contributed by atoms with Gasteiger partial charge in [-0.2, -0.15) is 13.2 Å². The molecule has 0 bridgehead atoms. The van der Waals surface area contributed by atoms with Crippen LogP contribution >= 0.6 is 23.5 Å². The number of benzene rings is 3. The van der Waals surface area contributed by atoms with Crippen molar-refractivity contribution in [1.82, 2.24) is 9.97 Å². The molecule has 0 fully saturated rings. The van der Waals surface area contributed by atoms with E-state index in [-0.39, 0.29) is 26.7 Å². The second-order valence-corrected chi connectivity index (χ2v) is 8.10. The first-order chi connectivity index (χ1) is 15.1. The van der Waals surface area contributed by atoms with Crippen molar-refractivity contribution in [3.05, 3.63) is 82.8 Å². The molecule has 3 aromatic carbocycles. The Hall–Kier alpha value is -2.91. The standard InChI is InChI=1S/C22H13ClF5N3S/c1-11-29-10-13-8-12(2-6-17(13)30-11)20-16(24)5-7-18(21(20)25)31-32-19-9-14(23)3-4-15(19)22(26,27)28/h2-10,31H,1H3. The van der Waals surface area contributed by atoms with Crippen LogP contribution in [0.5, 0.6) is 0 Å². The van der Waals surface area contributed by atoms with Gasteiger partial charge in [0.15, 0.2) is 5.82 Å². The summed E-state index contributed by atoms with van der Waals surface area (Å²) in [7, 11) is 0. The number of hydrogen-bond acceptors (Lipinski definition) is 4. The highest BCUT2D eigenvalue weighted by molar-refractivity contribution is 8.00. The van der Waals surface area contributed by atoms with E-state index in [2.05, 4.69) is 14.7 Å². The summed E-state index contributed by atoms with van der Waals surface area (Å²) >= 11 is 6.35. The number of aromatic nitrogens is 2. The zero-order chi connectivity index (χ0) is 23.0. The molecule has 1 N–H and O–H groups in total. The van der Waals surface area contributed by atoms with Crippen molar-refractivity contribution in [1.29, 1.82) is 0 Å². The molecule has 3 nitrogen and oxygen atoms in total. The maximum Gasteiger partial charge on any atom is 0.417 e. The number of anilines is 1. The van der Waals surface area contributed by atoms with E-state index >= 15 is 4.39 Å². The molecule has 0 aliphatic rings. The van der Waals surface area contributed by atoms with E-state index in [1.54, 1.807) is 25.3 Å². The summed E-state index contributed by atoms with van der Waals surface area (Å²) in [6.07, 6.45) is -3.07. The largest absolute Gasteiger partial charge is 0.417 e. The Labute approximate surface area is 188 Å². The Morgan fingerprint density at radius 3 is 2.53 bits per heavy atom. The molecule has 10 heteroatoms. The predicted octanol–water partition coefficient (Wildman–Crippen LogP) is 7.67. The Morgan fingerprint density at radius 1 is 1.00 bits per heavy atom. The van der Waals surface area contributed by atoms with Crippen LogP contribution in [0.4, 0.5) is 27.6 Å². The number of alkyl halides is 3. The Morgan fingerprint density at radius 2 is 1.78 bits per heavy atom. The number of nitrogens with one attached hydrogen (secondary N) is 1. The molecule has 0 unspecified atom stereocenters. The summed E-state index contributed by atoms with van der Waals surface area (Å²) in [5, 5.41) is 0.685. The number of halogens is 6. The van der Waals surface area contributed by atoms with Gasteiger partial charge in [0.2, 0.25) is 0 Å². The van der Waals surface area contributed by atoms with Gasteiger partial charge in [-0.05, 0) is 66.9 Å². The van der Waals surface area contributed by atoms with Crippen molar-refractivity contribution in [2.45, 2.75) is 18.0 Å². The SMILES string of the molecule is Cc1ncc2cc(-c3c(F)ccc(NSc4cc(Cl)ccc4C(F)(F)F)c3F)ccc2n1. The zero-order valence-corrected chi connectivity index (χ0v) is 17.8. The van der Waals surface area contributed by atoms with Gasteiger partial charge in [-0.1, -0.05) is 17.7 Å². The van der Waals surface area contributed by atoms with Gasteiger partial charge in [0.05, 0.1) is 22.3 Å². The van der Waals surface area contributed by atoms with Gasteiger partial charge in [0, 0.05) is 21.5 Å². The Bertz CT molecular complexity index is 1330. The molecule has 1 aromatic heterocycles. The second kappa shape index (κ2) is 8.55. The first kappa shape index (κ1) is 22.3. The highest BCUT2D eigenvalue weighted by Crippen LogP contribution is 2.39. The predicted molar refractivity (Wildman–Crippen MR) is 116 cm³/mol. The minimum absolute atomic E-state index is 0.0937. The zero-order valence-electron chi connectivity index (χ0n) is 16.3. The first-order valence-electron chi connectivity index (χ1n) is 9.15. The molecular weight excluding hydrogens is 469 g/mol. The van der Waals surface area contributed by atoms with Gasteiger partial charge in [0.1, 0.15) is 11.6 Å². The molecular formula is C22H13ClF5N3S. The van der Waals surface area contributed by atoms with Crippen LogP contribution in [0.15, 0.2) is 59.6 Å². The third-order valence-electron chi connectivity index (χ3n) is 4.60. The van der Waals surface area contributed by atoms with Crippen LogP contribution in [0.3, 0.4) is 0 Å². The summed E-state index contributed by atoms with van der Waals surface area (Å²) < 4.78 is 72.1. The van der Waals surface area contributed by atoms with Gasteiger partial charge in [0.25, 0.3) is 0 Å². The van der Waals surface area contributed by atoms with Gasteiger partial charge in [-0.25, -0.2) is 18.7 Å². The summed E-state index contributed by atoms with van der Waals surface area (Å²) in [4.78, 5) is 8.10. The summed E-state index contributed by atoms with van der Waals surface area (Å²) in [6.45, 7) is 1.73. The number of aryl methyl sites for hydroxylation is 1. The number of nitrogens with zero attached hydrogens (tertiary/aromatic N) is 2. The van der Waals surface area contributed by atoms with Crippen LogP contribution in [0, 0.1) is 18.6 Å². The molecule has 0 radical (unpaired) electrons. The van der Waals surface area contributed by atoms with E-state index in [1.807, 2.05) is 0 Å². The lowest BCUT2D eigenvalue weighted by molar-refractivity contribution is -0.139. The molecule has 0 atom stereocenters. The van der Waals surface area contributed by atoms with Crippen LogP contribution in [-0.2, 0) is 6.18 Å². The average Bonchev–Trinajstić information content (AvgIpc) is 2.72. The van der Waals surface area contributed by atoms with Gasteiger partial charge < -0.3 is 4.72 Å². The van der Waals surface area contributed by atoms with Crippen molar-refractivity contribution >= 4 is 40.1 Å². The van der Waals surface area contributed by atoms with E-state index < -0.39 is 23.4 Å². The highest BCUT2D eigenvalue weighted by Gasteiger charge is 2.33. The number of rotatable bonds is 4. The smallest absolute Gasteiger partial charge is 0.323 e. The van der Waals surface area contributed by atoms with Gasteiger partial charge in [-0.3, -0.25) is 0 Å². The fraction of sp³-hybridized carbons (Fsp3) is 0.0909. The fourth-order valence-corrected chi connectivity index (χ4v) is 4.20. The lowest BCUT2D eigenvalue weighted by Gasteiger charge is -2.15. The topological polar surface area (TPSA) is 37.8 Å². The van der Waals surface area contributed by atoms with Crippen molar-refractivity contribution < 1.29 is 22.0 Å². The normalized spacial score (nSPS) is 11.7. The summed E-state index contributed by atoms with van der Waals surface area (Å²) in [5.74, 6) is -1.20. The third kappa shape index (κ3) is 4.49. The minimum atomic E-state index is -4.62. The van der Waals surface area contributed by atoms with Crippen LogP contribution in [0.1, 0.15) is 11.4 Å². The van der Waals surface area contributed by atoms with Gasteiger partial charge in [-0.15, -0.1) is 0 Å². The van der Waals surface area contributed by atoms with Crippen LogP contribution in [0.25, 0.3) is 22.0 Å². The maximum absolute atomic E-state index is 15.2. The summed E-state index contributed by atoms with van der Waals surface area (Å²) in [5.41, 5.74) is -0.563. The van der Waals surface area contributed by atoms with E-state index in [0.29, 0.717) is 28.7 Å². The van der Waals surface area contributed by atoms with E-state index in [1.165, 1.54) is 6.07 Å². The van der Waals surface area contributed by atoms with Crippen molar-refractivity contribution in [2.75, 3.05) is 4.72 Å². The third-order valence-corrected chi connectivity index (χ3v) is 5.71. The summed E-state index contributed by atoms with van der Waals surface area (Å²) in [6, 6.07) is 9.93. The van der Waals surface area contributed by atoms with Crippen LogP contribution in [-0.4, -0.2) is 9.97 Å². The lowest BCUT2D eigenvalue weighted by Crippen LogP contribution is -2.07. The Kier molecular flexibility index (Phi) is 5.96. The average molecular weight is 482 g/mol. The molecule has 4 aromatic rings. The van der Waals surface area contributed by atoms with E-state index in [9.17, 15) is 17.6 Å². The fourth-order valence-electron chi connectivity index (χ4n) is 3.10. The molecule has 0 amide bonds. The van der Waals surface area contributed by atoms with Crippen molar-refractivity contribution in [2.24, 2.45) is 0 Å². The molecule has 0 saturated heterocycles. The molecule has 0 saturated carbocycles. The Balaban J connectivity index is 1.70. The van der Waals surface area contributed by atoms with Crippen LogP contribution < -0.4 is 4.72 Å². The quantitative estimate of drug-likeness (QED) is 0.240. The molecule has 1 heterocycles.